The highest BCUT2D eigenvalue weighted by molar-refractivity contribution is 5.91. The Hall–Kier alpha value is -3.13. The van der Waals surface area contributed by atoms with Gasteiger partial charge in [0.05, 0.1) is 11.6 Å². The highest BCUT2D eigenvalue weighted by Gasteiger charge is 2.19. The summed E-state index contributed by atoms with van der Waals surface area (Å²) < 4.78 is 13.4. The monoisotopic (exact) mass is 378 g/mol. The lowest BCUT2D eigenvalue weighted by Gasteiger charge is -2.27. The third kappa shape index (κ3) is 2.95. The van der Waals surface area contributed by atoms with Crippen LogP contribution < -0.4 is 15.4 Å². The first kappa shape index (κ1) is 17.0. The number of imidazole rings is 1. The molecule has 0 saturated carbocycles. The van der Waals surface area contributed by atoms with Crippen molar-refractivity contribution in [2.24, 2.45) is 5.73 Å². The molecule has 0 bridgehead atoms. The summed E-state index contributed by atoms with van der Waals surface area (Å²) in [7, 11) is 0. The SMILES string of the molecule is NCCOc1ccc2ncc(-c3cc4c(N5CCCCC5)nccc4o3)n2n1. The fourth-order valence-corrected chi connectivity index (χ4v) is 3.70. The first-order valence-corrected chi connectivity index (χ1v) is 9.65. The molecule has 4 aromatic rings. The summed E-state index contributed by atoms with van der Waals surface area (Å²) in [5.41, 5.74) is 7.83. The molecule has 0 spiro atoms. The molecule has 2 N–H and O–H groups in total. The van der Waals surface area contributed by atoms with Crippen molar-refractivity contribution in [3.63, 3.8) is 0 Å². The highest BCUT2D eigenvalue weighted by Crippen LogP contribution is 2.33. The molecule has 1 fully saturated rings. The molecule has 1 saturated heterocycles. The second-order valence-electron chi connectivity index (χ2n) is 6.93. The number of ether oxygens (including phenoxy) is 1. The summed E-state index contributed by atoms with van der Waals surface area (Å²) in [6.07, 6.45) is 7.26. The Morgan fingerprint density at radius 1 is 1.11 bits per heavy atom. The van der Waals surface area contributed by atoms with Gasteiger partial charge in [0.1, 0.15) is 23.7 Å². The van der Waals surface area contributed by atoms with Crippen molar-refractivity contribution in [2.75, 3.05) is 31.1 Å². The van der Waals surface area contributed by atoms with Crippen LogP contribution in [-0.2, 0) is 0 Å². The molecule has 0 aliphatic carbocycles. The number of hydrogen-bond donors (Lipinski definition) is 1. The number of fused-ring (bicyclic) bond motifs is 2. The lowest BCUT2D eigenvalue weighted by Crippen LogP contribution is -2.30. The molecule has 0 aromatic carbocycles. The number of aromatic nitrogens is 4. The van der Waals surface area contributed by atoms with Crippen LogP contribution in [0.5, 0.6) is 5.88 Å². The van der Waals surface area contributed by atoms with Crippen LogP contribution in [0.25, 0.3) is 28.1 Å². The molecule has 0 amide bonds. The van der Waals surface area contributed by atoms with E-state index in [1.54, 1.807) is 16.8 Å². The molecule has 0 atom stereocenters. The molecule has 144 valence electrons. The number of anilines is 1. The highest BCUT2D eigenvalue weighted by atomic mass is 16.5. The Morgan fingerprint density at radius 3 is 2.86 bits per heavy atom. The van der Waals surface area contributed by atoms with Gasteiger partial charge in [-0.2, -0.15) is 0 Å². The van der Waals surface area contributed by atoms with Gasteiger partial charge in [0.2, 0.25) is 5.88 Å². The summed E-state index contributed by atoms with van der Waals surface area (Å²) in [6.45, 7) is 2.92. The predicted molar refractivity (Wildman–Crippen MR) is 107 cm³/mol. The minimum atomic E-state index is 0.415. The maximum absolute atomic E-state index is 6.14. The van der Waals surface area contributed by atoms with Gasteiger partial charge >= 0.3 is 0 Å². The molecule has 28 heavy (non-hydrogen) atoms. The Morgan fingerprint density at radius 2 is 2.00 bits per heavy atom. The zero-order valence-electron chi connectivity index (χ0n) is 15.5. The van der Waals surface area contributed by atoms with Crippen molar-refractivity contribution >= 4 is 22.4 Å². The molecular formula is C20H22N6O2. The molecule has 5 rings (SSSR count). The fourth-order valence-electron chi connectivity index (χ4n) is 3.70. The smallest absolute Gasteiger partial charge is 0.231 e. The van der Waals surface area contributed by atoms with E-state index < -0.39 is 0 Å². The molecule has 4 aromatic heterocycles. The average molecular weight is 378 g/mol. The summed E-state index contributed by atoms with van der Waals surface area (Å²) in [4.78, 5) is 11.4. The van der Waals surface area contributed by atoms with Gasteiger partial charge in [-0.25, -0.2) is 14.5 Å². The number of rotatable bonds is 5. The van der Waals surface area contributed by atoms with E-state index in [9.17, 15) is 0 Å². The summed E-state index contributed by atoms with van der Waals surface area (Å²) >= 11 is 0. The van der Waals surface area contributed by atoms with E-state index in [0.29, 0.717) is 24.8 Å². The van der Waals surface area contributed by atoms with Crippen molar-refractivity contribution < 1.29 is 9.15 Å². The molecule has 1 aliphatic heterocycles. The topological polar surface area (TPSA) is 94.7 Å². The van der Waals surface area contributed by atoms with Crippen LogP contribution in [0.3, 0.4) is 0 Å². The quantitative estimate of drug-likeness (QED) is 0.570. The van der Waals surface area contributed by atoms with E-state index in [1.165, 1.54) is 19.3 Å². The van der Waals surface area contributed by atoms with Crippen LogP contribution in [0.2, 0.25) is 0 Å². The largest absolute Gasteiger partial charge is 0.475 e. The van der Waals surface area contributed by atoms with Gasteiger partial charge in [-0.3, -0.25) is 0 Å². The average Bonchev–Trinajstić information content (AvgIpc) is 3.36. The lowest BCUT2D eigenvalue weighted by atomic mass is 10.1. The molecule has 1 aliphatic rings. The minimum absolute atomic E-state index is 0.415. The molecule has 0 radical (unpaired) electrons. The maximum Gasteiger partial charge on any atom is 0.231 e. The number of hydrogen-bond acceptors (Lipinski definition) is 7. The normalized spacial score (nSPS) is 14.8. The van der Waals surface area contributed by atoms with Crippen LogP contribution >= 0.6 is 0 Å². The van der Waals surface area contributed by atoms with E-state index in [-0.39, 0.29) is 0 Å². The van der Waals surface area contributed by atoms with Crippen LogP contribution in [0.15, 0.2) is 41.1 Å². The second kappa shape index (κ2) is 7.12. The van der Waals surface area contributed by atoms with Crippen molar-refractivity contribution in [1.29, 1.82) is 0 Å². The number of nitrogens with zero attached hydrogens (tertiary/aromatic N) is 5. The lowest BCUT2D eigenvalue weighted by molar-refractivity contribution is 0.310. The van der Waals surface area contributed by atoms with E-state index in [2.05, 4.69) is 20.0 Å². The number of piperidine rings is 1. The van der Waals surface area contributed by atoms with Crippen molar-refractivity contribution in [1.82, 2.24) is 19.6 Å². The molecule has 5 heterocycles. The van der Waals surface area contributed by atoms with E-state index >= 15 is 0 Å². The summed E-state index contributed by atoms with van der Waals surface area (Å²) in [5.74, 6) is 2.20. The van der Waals surface area contributed by atoms with E-state index in [4.69, 9.17) is 14.9 Å². The Kier molecular flexibility index (Phi) is 4.32. The fraction of sp³-hybridized carbons (Fsp3) is 0.350. The van der Waals surface area contributed by atoms with Gasteiger partial charge in [-0.15, -0.1) is 5.10 Å². The second-order valence-corrected chi connectivity index (χ2v) is 6.93. The van der Waals surface area contributed by atoms with Crippen LogP contribution in [0.1, 0.15) is 19.3 Å². The number of nitrogens with two attached hydrogens (primary N) is 1. The minimum Gasteiger partial charge on any atom is -0.475 e. The standard InChI is InChI=1S/C20H22N6O2/c21-7-11-27-19-5-4-18-23-13-15(26(18)24-19)17-12-14-16(28-17)6-8-22-20(14)25-9-2-1-3-10-25/h4-6,8,12-13H,1-3,7,9-11,21H2. The third-order valence-corrected chi connectivity index (χ3v) is 5.04. The molecule has 8 heteroatoms. The van der Waals surface area contributed by atoms with Gasteiger partial charge in [-0.1, -0.05) is 0 Å². The van der Waals surface area contributed by atoms with Gasteiger partial charge in [0.25, 0.3) is 0 Å². The van der Waals surface area contributed by atoms with Crippen molar-refractivity contribution in [3.05, 3.63) is 36.7 Å². The summed E-state index contributed by atoms with van der Waals surface area (Å²) in [5, 5.41) is 5.54. The first-order chi connectivity index (χ1) is 13.8. The van der Waals surface area contributed by atoms with Crippen LogP contribution in [0, 0.1) is 0 Å². The van der Waals surface area contributed by atoms with Gasteiger partial charge in [-0.05, 0) is 37.5 Å². The zero-order valence-corrected chi connectivity index (χ0v) is 15.5. The number of furan rings is 1. The Bertz CT molecular complexity index is 1110. The van der Waals surface area contributed by atoms with Gasteiger partial charge < -0.3 is 19.8 Å². The predicted octanol–water partition coefficient (Wildman–Crippen LogP) is 2.87. The maximum atomic E-state index is 6.14. The number of pyridine rings is 1. The van der Waals surface area contributed by atoms with Crippen LogP contribution in [0.4, 0.5) is 5.82 Å². The zero-order chi connectivity index (χ0) is 18.9. The van der Waals surface area contributed by atoms with Gasteiger partial charge in [0, 0.05) is 31.9 Å². The van der Waals surface area contributed by atoms with Crippen molar-refractivity contribution in [3.8, 4) is 17.3 Å². The van der Waals surface area contributed by atoms with Crippen molar-refractivity contribution in [2.45, 2.75) is 19.3 Å². The Balaban J connectivity index is 1.57. The molecular weight excluding hydrogens is 356 g/mol. The van der Waals surface area contributed by atoms with E-state index in [0.717, 1.165) is 41.2 Å². The van der Waals surface area contributed by atoms with E-state index in [1.807, 2.05) is 24.4 Å². The molecule has 8 nitrogen and oxygen atoms in total. The molecule has 0 unspecified atom stereocenters. The first-order valence-electron chi connectivity index (χ1n) is 9.65. The van der Waals surface area contributed by atoms with Gasteiger partial charge in [0.15, 0.2) is 11.4 Å². The summed E-state index contributed by atoms with van der Waals surface area (Å²) in [6, 6.07) is 7.59. The Labute approximate surface area is 161 Å². The third-order valence-electron chi connectivity index (χ3n) is 5.04. The van der Waals surface area contributed by atoms with Crippen LogP contribution in [-0.4, -0.2) is 45.8 Å².